The van der Waals surface area contributed by atoms with Crippen molar-refractivity contribution in [3.8, 4) is 0 Å². The Morgan fingerprint density at radius 2 is 1.81 bits per heavy atom. The van der Waals surface area contributed by atoms with Crippen molar-refractivity contribution in [2.75, 3.05) is 35.6 Å². The summed E-state index contributed by atoms with van der Waals surface area (Å²) in [6, 6.07) is 12.1. The minimum absolute atomic E-state index is 0.178. The Hall–Kier alpha value is -2.73. The maximum Gasteiger partial charge on any atom is 0.340 e. The van der Waals surface area contributed by atoms with E-state index in [4.69, 9.17) is 22.1 Å². The van der Waals surface area contributed by atoms with E-state index in [0.717, 1.165) is 18.8 Å². The van der Waals surface area contributed by atoms with Gasteiger partial charge >= 0.3 is 5.97 Å². The molecule has 1 fully saturated rings. The quantitative estimate of drug-likeness (QED) is 0.620. The van der Waals surface area contributed by atoms with E-state index in [-0.39, 0.29) is 11.3 Å². The van der Waals surface area contributed by atoms with E-state index in [1.54, 1.807) is 0 Å². The summed E-state index contributed by atoms with van der Waals surface area (Å²) in [6.45, 7) is 1.74. The number of hydrogen-bond acceptors (Lipinski definition) is 5. The van der Waals surface area contributed by atoms with Crippen LogP contribution in [0, 0.1) is 0 Å². The van der Waals surface area contributed by atoms with E-state index in [9.17, 15) is 9.59 Å². The Morgan fingerprint density at radius 1 is 1.12 bits per heavy atom. The summed E-state index contributed by atoms with van der Waals surface area (Å²) in [6.07, 6.45) is 2.42. The molecule has 7 heteroatoms. The molecule has 1 amide bonds. The zero-order chi connectivity index (χ0) is 18.5. The first-order valence-electron chi connectivity index (χ1n) is 8.40. The molecule has 6 nitrogen and oxygen atoms in total. The summed E-state index contributed by atoms with van der Waals surface area (Å²) in [5.74, 6) is -1.08. The van der Waals surface area contributed by atoms with Crippen LogP contribution in [0.5, 0.6) is 0 Å². The van der Waals surface area contributed by atoms with Gasteiger partial charge in [0, 0.05) is 35.2 Å². The third-order valence-electron chi connectivity index (χ3n) is 4.19. The molecule has 0 spiro atoms. The molecule has 0 bridgehead atoms. The molecule has 1 aliphatic rings. The molecule has 26 heavy (non-hydrogen) atoms. The molecule has 0 radical (unpaired) electrons. The van der Waals surface area contributed by atoms with Crippen LogP contribution in [0.15, 0.2) is 42.5 Å². The number of rotatable bonds is 5. The highest BCUT2D eigenvalue weighted by Crippen LogP contribution is 2.22. The largest absolute Gasteiger partial charge is 0.452 e. The lowest BCUT2D eigenvalue weighted by Crippen LogP contribution is -2.21. The van der Waals surface area contributed by atoms with Gasteiger partial charge in [0.15, 0.2) is 6.61 Å². The van der Waals surface area contributed by atoms with E-state index in [0.29, 0.717) is 10.7 Å². The van der Waals surface area contributed by atoms with Gasteiger partial charge < -0.3 is 20.7 Å². The normalized spacial score (nSPS) is 13.5. The van der Waals surface area contributed by atoms with E-state index in [1.807, 2.05) is 24.3 Å². The lowest BCUT2D eigenvalue weighted by Gasteiger charge is -2.17. The van der Waals surface area contributed by atoms with Crippen LogP contribution in [0.25, 0.3) is 0 Å². The first-order valence-corrected chi connectivity index (χ1v) is 8.78. The van der Waals surface area contributed by atoms with Crippen LogP contribution in [0.3, 0.4) is 0 Å². The molecule has 2 aromatic rings. The molecule has 3 N–H and O–H groups in total. The van der Waals surface area contributed by atoms with Crippen LogP contribution >= 0.6 is 11.6 Å². The molecule has 0 unspecified atom stereocenters. The fourth-order valence-corrected chi connectivity index (χ4v) is 3.04. The van der Waals surface area contributed by atoms with Gasteiger partial charge in [0.1, 0.15) is 0 Å². The van der Waals surface area contributed by atoms with Crippen molar-refractivity contribution >= 4 is 40.5 Å². The molecule has 0 atom stereocenters. The van der Waals surface area contributed by atoms with Gasteiger partial charge in [-0.05, 0) is 55.3 Å². The van der Waals surface area contributed by atoms with Gasteiger partial charge in [-0.3, -0.25) is 4.79 Å². The Morgan fingerprint density at radius 3 is 2.46 bits per heavy atom. The smallest absolute Gasteiger partial charge is 0.340 e. The topological polar surface area (TPSA) is 84.7 Å². The number of carbonyl (C=O) groups is 2. The predicted octanol–water partition coefficient (Wildman–Crippen LogP) is 3.32. The second-order valence-corrected chi connectivity index (χ2v) is 6.53. The molecule has 3 rings (SSSR count). The highest BCUT2D eigenvalue weighted by atomic mass is 35.5. The Balaban J connectivity index is 1.51. The number of carbonyl (C=O) groups excluding carboxylic acids is 2. The van der Waals surface area contributed by atoms with Gasteiger partial charge in [-0.1, -0.05) is 11.6 Å². The minimum atomic E-state index is -0.668. The van der Waals surface area contributed by atoms with Crippen molar-refractivity contribution in [1.82, 2.24) is 0 Å². The lowest BCUT2D eigenvalue weighted by molar-refractivity contribution is -0.119. The fraction of sp³-hybridized carbons (Fsp3) is 0.263. The van der Waals surface area contributed by atoms with Crippen LogP contribution in [0.2, 0.25) is 5.02 Å². The number of nitrogens with one attached hydrogen (secondary N) is 1. The number of hydrogen-bond donors (Lipinski definition) is 2. The van der Waals surface area contributed by atoms with Gasteiger partial charge in [0.05, 0.1) is 5.56 Å². The summed E-state index contributed by atoms with van der Waals surface area (Å²) in [5, 5.41) is 3.13. The van der Waals surface area contributed by atoms with E-state index < -0.39 is 18.5 Å². The van der Waals surface area contributed by atoms with Crippen molar-refractivity contribution in [2.24, 2.45) is 0 Å². The van der Waals surface area contributed by atoms with Crippen molar-refractivity contribution in [2.45, 2.75) is 12.8 Å². The lowest BCUT2D eigenvalue weighted by atomic mass is 10.2. The SMILES string of the molecule is Nc1cc(Cl)ccc1C(=O)OCC(=O)Nc1ccc(N2CCCC2)cc1. The Bertz CT molecular complexity index is 802. The monoisotopic (exact) mass is 373 g/mol. The van der Waals surface area contributed by atoms with E-state index in [2.05, 4.69) is 10.2 Å². The molecule has 0 aromatic heterocycles. The maximum atomic E-state index is 12.0. The van der Waals surface area contributed by atoms with Crippen LogP contribution in [-0.2, 0) is 9.53 Å². The average molecular weight is 374 g/mol. The molecular formula is C19H20ClN3O3. The number of ether oxygens (including phenoxy) is 1. The number of nitrogens with two attached hydrogens (primary N) is 1. The summed E-state index contributed by atoms with van der Waals surface area (Å²) < 4.78 is 5.01. The van der Waals surface area contributed by atoms with Crippen LogP contribution in [0.1, 0.15) is 23.2 Å². The summed E-state index contributed by atoms with van der Waals surface area (Å²) >= 11 is 5.79. The fourth-order valence-electron chi connectivity index (χ4n) is 2.86. The first kappa shape index (κ1) is 18.1. The van der Waals surface area contributed by atoms with Crippen molar-refractivity contribution in [3.05, 3.63) is 53.1 Å². The van der Waals surface area contributed by atoms with Crippen LogP contribution in [-0.4, -0.2) is 31.6 Å². The Kier molecular flexibility index (Phi) is 5.63. The van der Waals surface area contributed by atoms with Crippen molar-refractivity contribution in [1.29, 1.82) is 0 Å². The molecule has 0 aliphatic carbocycles. The number of esters is 1. The van der Waals surface area contributed by atoms with Crippen LogP contribution in [0.4, 0.5) is 17.1 Å². The number of nitrogen functional groups attached to an aromatic ring is 1. The second-order valence-electron chi connectivity index (χ2n) is 6.10. The number of amides is 1. The van der Waals surface area contributed by atoms with Gasteiger partial charge in [0.25, 0.3) is 5.91 Å². The molecule has 0 saturated carbocycles. The van der Waals surface area contributed by atoms with Crippen LogP contribution < -0.4 is 16.0 Å². The number of nitrogens with zero attached hydrogens (tertiary/aromatic N) is 1. The van der Waals surface area contributed by atoms with Gasteiger partial charge in [-0.2, -0.15) is 0 Å². The molecule has 1 heterocycles. The predicted molar refractivity (Wildman–Crippen MR) is 103 cm³/mol. The highest BCUT2D eigenvalue weighted by Gasteiger charge is 2.14. The Labute approximate surface area is 156 Å². The average Bonchev–Trinajstić information content (AvgIpc) is 3.15. The van der Waals surface area contributed by atoms with Gasteiger partial charge in [-0.25, -0.2) is 4.79 Å². The molecule has 1 saturated heterocycles. The third kappa shape index (κ3) is 4.46. The molecular weight excluding hydrogens is 354 g/mol. The zero-order valence-electron chi connectivity index (χ0n) is 14.2. The highest BCUT2D eigenvalue weighted by molar-refractivity contribution is 6.31. The van der Waals surface area contributed by atoms with E-state index >= 15 is 0 Å². The van der Waals surface area contributed by atoms with Crippen molar-refractivity contribution < 1.29 is 14.3 Å². The second kappa shape index (κ2) is 8.10. The molecule has 136 valence electrons. The summed E-state index contributed by atoms with van der Waals surface area (Å²) in [7, 11) is 0. The number of anilines is 3. The minimum Gasteiger partial charge on any atom is -0.452 e. The number of halogens is 1. The molecule has 1 aliphatic heterocycles. The first-order chi connectivity index (χ1) is 12.5. The zero-order valence-corrected chi connectivity index (χ0v) is 15.0. The third-order valence-corrected chi connectivity index (χ3v) is 4.43. The molecule has 2 aromatic carbocycles. The van der Waals surface area contributed by atoms with Crippen molar-refractivity contribution in [3.63, 3.8) is 0 Å². The maximum absolute atomic E-state index is 12.0. The van der Waals surface area contributed by atoms with E-state index in [1.165, 1.54) is 31.0 Å². The summed E-state index contributed by atoms with van der Waals surface area (Å²) in [5.41, 5.74) is 7.91. The summed E-state index contributed by atoms with van der Waals surface area (Å²) in [4.78, 5) is 26.3. The van der Waals surface area contributed by atoms with Gasteiger partial charge in [0.2, 0.25) is 0 Å². The number of benzene rings is 2. The standard InChI is InChI=1S/C19H20ClN3O3/c20-13-3-8-16(17(21)11-13)19(25)26-12-18(24)22-14-4-6-15(7-5-14)23-9-1-2-10-23/h3-8,11H,1-2,9-10,12,21H2,(H,22,24). The van der Waals surface area contributed by atoms with Gasteiger partial charge in [-0.15, -0.1) is 0 Å².